The lowest BCUT2D eigenvalue weighted by atomic mass is 9.96. The molecule has 0 fully saturated rings. The Labute approximate surface area is 129 Å². The fraction of sp³-hybridized carbons (Fsp3) is 0.278. The van der Waals surface area contributed by atoms with E-state index in [1.807, 2.05) is 31.2 Å². The van der Waals surface area contributed by atoms with E-state index in [-0.39, 0.29) is 5.82 Å². The van der Waals surface area contributed by atoms with Gasteiger partial charge in [-0.25, -0.2) is 4.39 Å². The molecule has 3 nitrogen and oxygen atoms in total. The molecule has 0 saturated carbocycles. The molecular weight excluding hydrogens is 281 g/mol. The van der Waals surface area contributed by atoms with Crippen LogP contribution in [0.5, 0.6) is 11.5 Å². The van der Waals surface area contributed by atoms with E-state index in [4.69, 9.17) is 9.47 Å². The third kappa shape index (κ3) is 3.98. The van der Waals surface area contributed by atoms with Crippen molar-refractivity contribution in [3.63, 3.8) is 0 Å². The normalized spacial score (nSPS) is 11.5. The first kappa shape index (κ1) is 15.8. The van der Waals surface area contributed by atoms with Crippen molar-refractivity contribution in [2.24, 2.45) is 0 Å². The van der Waals surface area contributed by atoms with Crippen LogP contribution < -0.4 is 9.47 Å². The van der Waals surface area contributed by atoms with E-state index in [9.17, 15) is 9.65 Å². The minimum atomic E-state index is -0.476. The van der Waals surface area contributed by atoms with Gasteiger partial charge in [0, 0.05) is 12.0 Å². The highest BCUT2D eigenvalue weighted by Gasteiger charge is 2.17. The summed E-state index contributed by atoms with van der Waals surface area (Å²) >= 11 is 0. The summed E-state index contributed by atoms with van der Waals surface area (Å²) in [6.45, 7) is 2.38. The number of ether oxygens (including phenoxy) is 2. The second kappa shape index (κ2) is 7.46. The van der Waals surface area contributed by atoms with E-state index in [2.05, 4.69) is 6.07 Å². The van der Waals surface area contributed by atoms with E-state index in [0.717, 1.165) is 11.3 Å². The lowest BCUT2D eigenvalue weighted by molar-refractivity contribution is 0.304. The van der Waals surface area contributed by atoms with E-state index in [0.29, 0.717) is 24.3 Å². The predicted octanol–water partition coefficient (Wildman–Crippen LogP) is 4.22. The monoisotopic (exact) mass is 299 g/mol. The Balaban J connectivity index is 2.02. The van der Waals surface area contributed by atoms with Gasteiger partial charge in [0.1, 0.15) is 17.3 Å². The van der Waals surface area contributed by atoms with Crippen LogP contribution in [0.25, 0.3) is 0 Å². The second-order valence-corrected chi connectivity index (χ2v) is 5.02. The van der Waals surface area contributed by atoms with Crippen LogP contribution in [-0.2, 0) is 0 Å². The molecule has 1 unspecified atom stereocenters. The molecule has 2 rings (SSSR count). The highest BCUT2D eigenvalue weighted by atomic mass is 19.1. The zero-order valence-corrected chi connectivity index (χ0v) is 12.7. The highest BCUT2D eigenvalue weighted by molar-refractivity contribution is 5.39. The molecule has 0 N–H and O–H groups in total. The van der Waals surface area contributed by atoms with Gasteiger partial charge in [-0.1, -0.05) is 17.7 Å². The molecule has 0 aliphatic carbocycles. The van der Waals surface area contributed by atoms with Crippen molar-refractivity contribution in [3.8, 4) is 17.6 Å². The van der Waals surface area contributed by atoms with Gasteiger partial charge in [0.15, 0.2) is 0 Å². The first-order valence-electron chi connectivity index (χ1n) is 7.06. The molecule has 0 bridgehead atoms. The Hall–Kier alpha value is -2.54. The van der Waals surface area contributed by atoms with Gasteiger partial charge in [0.25, 0.3) is 0 Å². The van der Waals surface area contributed by atoms with Crippen LogP contribution in [0.2, 0.25) is 0 Å². The predicted molar refractivity (Wildman–Crippen MR) is 82.6 cm³/mol. The molecule has 1 atom stereocenters. The molecule has 0 spiro atoms. The molecule has 0 saturated heterocycles. The van der Waals surface area contributed by atoms with Gasteiger partial charge in [-0.3, -0.25) is 0 Å². The molecule has 0 aromatic heterocycles. The number of nitrogens with zero attached hydrogens (tertiary/aromatic N) is 1. The third-order valence-corrected chi connectivity index (χ3v) is 3.42. The van der Waals surface area contributed by atoms with Crippen LogP contribution in [0, 0.1) is 24.1 Å². The van der Waals surface area contributed by atoms with Crippen LogP contribution in [0.1, 0.15) is 23.5 Å². The Kier molecular flexibility index (Phi) is 5.37. The first-order valence-corrected chi connectivity index (χ1v) is 7.06. The van der Waals surface area contributed by atoms with Gasteiger partial charge in [-0.15, -0.1) is 0 Å². The first-order chi connectivity index (χ1) is 10.6. The maximum Gasteiger partial charge on any atom is 0.123 e. The van der Waals surface area contributed by atoms with Crippen molar-refractivity contribution in [2.45, 2.75) is 19.3 Å². The fourth-order valence-electron chi connectivity index (χ4n) is 2.20. The zero-order chi connectivity index (χ0) is 15.9. The number of hydrogen-bond donors (Lipinski definition) is 0. The van der Waals surface area contributed by atoms with Crippen LogP contribution in [0.3, 0.4) is 0 Å². The number of benzene rings is 2. The van der Waals surface area contributed by atoms with Crippen molar-refractivity contribution < 1.29 is 13.9 Å². The minimum Gasteiger partial charge on any atom is -0.496 e. The fourth-order valence-corrected chi connectivity index (χ4v) is 2.20. The molecule has 22 heavy (non-hydrogen) atoms. The maximum absolute atomic E-state index is 13.4. The highest BCUT2D eigenvalue weighted by Crippen LogP contribution is 2.29. The maximum atomic E-state index is 13.4. The number of aryl methyl sites for hydroxylation is 1. The summed E-state index contributed by atoms with van der Waals surface area (Å²) in [5.74, 6) is 0.420. The SMILES string of the molecule is COc1ccc(F)cc1C(C#N)CCOc1ccc(C)cc1. The second-order valence-electron chi connectivity index (χ2n) is 5.02. The average Bonchev–Trinajstić information content (AvgIpc) is 2.53. The lowest BCUT2D eigenvalue weighted by Crippen LogP contribution is -2.06. The van der Waals surface area contributed by atoms with Gasteiger partial charge >= 0.3 is 0 Å². The summed E-state index contributed by atoms with van der Waals surface area (Å²) in [5.41, 5.74) is 1.71. The van der Waals surface area contributed by atoms with Crippen molar-refractivity contribution in [3.05, 3.63) is 59.4 Å². The molecule has 0 heterocycles. The standard InChI is InChI=1S/C18H18FNO2/c1-13-3-6-16(7-4-13)22-10-9-14(12-20)17-11-15(19)5-8-18(17)21-2/h3-8,11,14H,9-10H2,1-2H3. The minimum absolute atomic E-state index is 0.376. The number of hydrogen-bond acceptors (Lipinski definition) is 3. The topological polar surface area (TPSA) is 42.2 Å². The quantitative estimate of drug-likeness (QED) is 0.802. The van der Waals surface area contributed by atoms with E-state index < -0.39 is 5.92 Å². The molecule has 2 aromatic rings. The van der Waals surface area contributed by atoms with Crippen molar-refractivity contribution in [2.75, 3.05) is 13.7 Å². The summed E-state index contributed by atoms with van der Waals surface area (Å²) in [4.78, 5) is 0. The van der Waals surface area contributed by atoms with Crippen molar-refractivity contribution >= 4 is 0 Å². The molecule has 4 heteroatoms. The van der Waals surface area contributed by atoms with Gasteiger partial charge in [-0.05, 0) is 37.3 Å². The Morgan fingerprint density at radius 3 is 2.55 bits per heavy atom. The van der Waals surface area contributed by atoms with Gasteiger partial charge in [0.2, 0.25) is 0 Å². The summed E-state index contributed by atoms with van der Waals surface area (Å²) in [7, 11) is 1.51. The molecule has 0 aliphatic rings. The summed E-state index contributed by atoms with van der Waals surface area (Å²) in [6, 6.07) is 14.1. The van der Waals surface area contributed by atoms with Crippen molar-refractivity contribution in [1.29, 1.82) is 5.26 Å². The number of nitriles is 1. The van der Waals surface area contributed by atoms with Gasteiger partial charge in [-0.2, -0.15) is 5.26 Å². The Morgan fingerprint density at radius 1 is 1.18 bits per heavy atom. The Morgan fingerprint density at radius 2 is 1.91 bits per heavy atom. The van der Waals surface area contributed by atoms with Crippen molar-refractivity contribution in [1.82, 2.24) is 0 Å². The van der Waals surface area contributed by atoms with Gasteiger partial charge < -0.3 is 9.47 Å². The largest absolute Gasteiger partial charge is 0.496 e. The van der Waals surface area contributed by atoms with E-state index in [1.165, 1.54) is 25.3 Å². The third-order valence-electron chi connectivity index (χ3n) is 3.42. The lowest BCUT2D eigenvalue weighted by Gasteiger charge is -2.14. The number of methoxy groups -OCH3 is 1. The molecule has 0 amide bonds. The summed E-state index contributed by atoms with van der Waals surface area (Å²) in [5, 5.41) is 9.34. The van der Waals surface area contributed by atoms with Crippen LogP contribution in [0.4, 0.5) is 4.39 Å². The molecule has 2 aromatic carbocycles. The average molecular weight is 299 g/mol. The molecular formula is C18H18FNO2. The number of halogens is 1. The molecule has 114 valence electrons. The number of rotatable bonds is 6. The van der Waals surface area contributed by atoms with Crippen LogP contribution >= 0.6 is 0 Å². The van der Waals surface area contributed by atoms with Crippen LogP contribution in [0.15, 0.2) is 42.5 Å². The van der Waals surface area contributed by atoms with E-state index >= 15 is 0 Å². The van der Waals surface area contributed by atoms with Crippen LogP contribution in [-0.4, -0.2) is 13.7 Å². The summed E-state index contributed by atoms with van der Waals surface area (Å²) in [6.07, 6.45) is 0.462. The molecule has 0 aliphatic heterocycles. The van der Waals surface area contributed by atoms with Gasteiger partial charge in [0.05, 0.1) is 25.7 Å². The molecule has 0 radical (unpaired) electrons. The smallest absolute Gasteiger partial charge is 0.123 e. The Bertz CT molecular complexity index is 662. The van der Waals surface area contributed by atoms with E-state index in [1.54, 1.807) is 0 Å². The summed E-state index contributed by atoms with van der Waals surface area (Å²) < 4.78 is 24.2. The zero-order valence-electron chi connectivity index (χ0n) is 12.7.